The molecule has 0 saturated carbocycles. The second-order valence-electron chi connectivity index (χ2n) is 4.36. The van der Waals surface area contributed by atoms with E-state index in [4.69, 9.17) is 5.11 Å². The van der Waals surface area contributed by atoms with Gasteiger partial charge in [0.15, 0.2) is 9.84 Å². The fraction of sp³-hybridized carbons (Fsp3) is 1.00. The Kier molecular flexibility index (Phi) is 3.90. The Balaban J connectivity index is 4.82. The third kappa shape index (κ3) is 3.62. The molecule has 0 amide bonds. The molecule has 0 aromatic carbocycles. The first kappa shape index (κ1) is 12.9. The van der Waals surface area contributed by atoms with E-state index in [2.05, 4.69) is 0 Å². The summed E-state index contributed by atoms with van der Waals surface area (Å²) in [6.45, 7) is 4.64. The Bertz CT molecular complexity index is 250. The highest BCUT2D eigenvalue weighted by Crippen LogP contribution is 2.24. The van der Waals surface area contributed by atoms with E-state index in [0.717, 1.165) is 6.26 Å². The highest BCUT2D eigenvalue weighted by Gasteiger charge is 2.36. The summed E-state index contributed by atoms with van der Waals surface area (Å²) in [4.78, 5) is 0. The molecule has 0 unspecified atom stereocenters. The molecule has 0 radical (unpaired) electrons. The number of aliphatic hydroxyl groups excluding tert-OH is 2. The zero-order valence-electron chi connectivity index (χ0n) is 8.48. The number of rotatable bonds is 3. The van der Waals surface area contributed by atoms with Gasteiger partial charge in [-0.3, -0.25) is 0 Å². The second-order valence-corrected chi connectivity index (χ2v) is 6.63. The molecular weight excluding hydrogens is 192 g/mol. The first-order valence-electron chi connectivity index (χ1n) is 4.08. The van der Waals surface area contributed by atoms with E-state index in [1.54, 1.807) is 20.8 Å². The van der Waals surface area contributed by atoms with Crippen molar-refractivity contribution < 1.29 is 18.6 Å². The van der Waals surface area contributed by atoms with Crippen molar-refractivity contribution in [3.05, 3.63) is 0 Å². The van der Waals surface area contributed by atoms with Crippen LogP contribution in [0.5, 0.6) is 0 Å². The van der Waals surface area contributed by atoms with Crippen LogP contribution in [0.4, 0.5) is 0 Å². The summed E-state index contributed by atoms with van der Waals surface area (Å²) in [6, 6.07) is 0. The summed E-state index contributed by atoms with van der Waals surface area (Å²) in [5.74, 6) is 0. The van der Waals surface area contributed by atoms with E-state index in [9.17, 15) is 13.5 Å². The fourth-order valence-electron chi connectivity index (χ4n) is 1.03. The number of sulfone groups is 1. The molecule has 13 heavy (non-hydrogen) atoms. The molecule has 0 aromatic rings. The van der Waals surface area contributed by atoms with Crippen LogP contribution in [0.25, 0.3) is 0 Å². The minimum absolute atomic E-state index is 0.544. The monoisotopic (exact) mass is 210 g/mol. The van der Waals surface area contributed by atoms with E-state index in [1.165, 1.54) is 0 Å². The molecule has 0 bridgehead atoms. The van der Waals surface area contributed by atoms with Crippen molar-refractivity contribution in [2.75, 3.05) is 12.9 Å². The zero-order valence-corrected chi connectivity index (χ0v) is 9.30. The predicted octanol–water partition coefficient (Wildman–Crippen LogP) is -0.201. The zero-order chi connectivity index (χ0) is 10.9. The molecule has 0 fully saturated rings. The first-order chi connectivity index (χ1) is 5.60. The molecule has 0 aliphatic heterocycles. The summed E-state index contributed by atoms with van der Waals surface area (Å²) in [5, 5.41) is 17.4. The molecule has 2 N–H and O–H groups in total. The van der Waals surface area contributed by atoms with Gasteiger partial charge in [0, 0.05) is 6.26 Å². The van der Waals surface area contributed by atoms with Crippen molar-refractivity contribution in [3.63, 3.8) is 0 Å². The van der Waals surface area contributed by atoms with Gasteiger partial charge in [0.25, 0.3) is 0 Å². The molecule has 80 valence electrons. The SMILES string of the molecule is CC(C)(C)[C@H](O)[C@H](CO)S(C)(=O)=O. The average Bonchev–Trinajstić information content (AvgIpc) is 1.83. The molecule has 2 atom stereocenters. The summed E-state index contributed by atoms with van der Waals surface area (Å²) < 4.78 is 22.3. The fourth-order valence-corrected chi connectivity index (χ4v) is 2.17. The number of hydrogen-bond acceptors (Lipinski definition) is 4. The van der Waals surface area contributed by atoms with Gasteiger partial charge in [0.05, 0.1) is 12.7 Å². The van der Waals surface area contributed by atoms with Crippen molar-refractivity contribution >= 4 is 9.84 Å². The molecule has 4 nitrogen and oxygen atoms in total. The van der Waals surface area contributed by atoms with Crippen LogP contribution in [-0.4, -0.2) is 42.8 Å². The van der Waals surface area contributed by atoms with Gasteiger partial charge in [0.2, 0.25) is 0 Å². The van der Waals surface area contributed by atoms with Gasteiger partial charge < -0.3 is 10.2 Å². The summed E-state index contributed by atoms with van der Waals surface area (Å²) >= 11 is 0. The molecule has 0 rings (SSSR count). The van der Waals surface area contributed by atoms with Crippen molar-refractivity contribution in [1.82, 2.24) is 0 Å². The van der Waals surface area contributed by atoms with Gasteiger partial charge in [-0.15, -0.1) is 0 Å². The van der Waals surface area contributed by atoms with E-state index in [-0.39, 0.29) is 0 Å². The topological polar surface area (TPSA) is 74.6 Å². The van der Waals surface area contributed by atoms with E-state index < -0.39 is 33.2 Å². The summed E-state index contributed by atoms with van der Waals surface area (Å²) in [6.07, 6.45) is -0.0319. The number of hydrogen-bond donors (Lipinski definition) is 2. The normalized spacial score (nSPS) is 18.3. The van der Waals surface area contributed by atoms with Gasteiger partial charge in [-0.1, -0.05) is 20.8 Å². The minimum atomic E-state index is -3.40. The molecular formula is C8H18O4S. The molecule has 5 heteroatoms. The Morgan fingerprint density at radius 2 is 1.69 bits per heavy atom. The number of aliphatic hydroxyl groups is 2. The van der Waals surface area contributed by atoms with E-state index in [1.807, 2.05) is 0 Å². The van der Waals surface area contributed by atoms with Gasteiger partial charge in [-0.25, -0.2) is 8.42 Å². The lowest BCUT2D eigenvalue weighted by atomic mass is 9.87. The first-order valence-corrected chi connectivity index (χ1v) is 6.04. The predicted molar refractivity (Wildman–Crippen MR) is 51.2 cm³/mol. The Morgan fingerprint density at radius 1 is 1.31 bits per heavy atom. The van der Waals surface area contributed by atoms with Crippen LogP contribution in [0.3, 0.4) is 0 Å². The third-order valence-electron chi connectivity index (χ3n) is 1.97. The minimum Gasteiger partial charge on any atom is -0.395 e. The molecule has 0 aliphatic rings. The van der Waals surface area contributed by atoms with E-state index in [0.29, 0.717) is 0 Å². The highest BCUT2D eigenvalue weighted by atomic mass is 32.2. The Hall–Kier alpha value is -0.130. The van der Waals surface area contributed by atoms with Crippen LogP contribution in [-0.2, 0) is 9.84 Å². The maximum Gasteiger partial charge on any atom is 0.155 e. The van der Waals surface area contributed by atoms with Crippen LogP contribution >= 0.6 is 0 Å². The summed E-state index contributed by atoms with van der Waals surface area (Å²) in [7, 11) is -3.40. The lowest BCUT2D eigenvalue weighted by molar-refractivity contribution is 0.0441. The quantitative estimate of drug-likeness (QED) is 0.676. The molecule has 0 saturated heterocycles. The van der Waals surface area contributed by atoms with Crippen LogP contribution in [0, 0.1) is 5.41 Å². The third-order valence-corrected chi connectivity index (χ3v) is 3.48. The summed E-state index contributed by atoms with van der Waals surface area (Å²) in [5.41, 5.74) is -0.545. The van der Waals surface area contributed by atoms with Crippen LogP contribution in [0.2, 0.25) is 0 Å². The van der Waals surface area contributed by atoms with Crippen molar-refractivity contribution in [3.8, 4) is 0 Å². The lowest BCUT2D eigenvalue weighted by Crippen LogP contribution is -2.44. The van der Waals surface area contributed by atoms with Crippen molar-refractivity contribution in [2.45, 2.75) is 32.1 Å². The van der Waals surface area contributed by atoms with Gasteiger partial charge >= 0.3 is 0 Å². The molecule has 0 aromatic heterocycles. The van der Waals surface area contributed by atoms with Crippen LogP contribution in [0.15, 0.2) is 0 Å². The highest BCUT2D eigenvalue weighted by molar-refractivity contribution is 7.91. The van der Waals surface area contributed by atoms with Gasteiger partial charge in [0.1, 0.15) is 5.25 Å². The maximum absolute atomic E-state index is 11.1. The Morgan fingerprint density at radius 3 is 1.77 bits per heavy atom. The largest absolute Gasteiger partial charge is 0.395 e. The van der Waals surface area contributed by atoms with Gasteiger partial charge in [-0.2, -0.15) is 0 Å². The lowest BCUT2D eigenvalue weighted by Gasteiger charge is -2.30. The smallest absolute Gasteiger partial charge is 0.155 e. The van der Waals surface area contributed by atoms with Crippen LogP contribution in [0.1, 0.15) is 20.8 Å². The molecule has 0 spiro atoms. The van der Waals surface area contributed by atoms with Crippen LogP contribution < -0.4 is 0 Å². The second kappa shape index (κ2) is 3.94. The molecule has 0 heterocycles. The van der Waals surface area contributed by atoms with Crippen molar-refractivity contribution in [1.29, 1.82) is 0 Å². The Labute approximate surface area is 79.5 Å². The average molecular weight is 210 g/mol. The maximum atomic E-state index is 11.1. The van der Waals surface area contributed by atoms with Crippen molar-refractivity contribution in [2.24, 2.45) is 5.41 Å². The van der Waals surface area contributed by atoms with Gasteiger partial charge in [-0.05, 0) is 5.41 Å². The standard InChI is InChI=1S/C8H18O4S/c1-8(2,3)7(10)6(5-9)13(4,11)12/h6-7,9-10H,5H2,1-4H3/t6-,7+/m0/s1. The molecule has 0 aliphatic carbocycles. The van der Waals surface area contributed by atoms with E-state index >= 15 is 0 Å².